The molecule has 0 aliphatic heterocycles. The molecule has 0 spiro atoms. The smallest absolute Gasteiger partial charge is 0.0739 e. The lowest BCUT2D eigenvalue weighted by molar-refractivity contribution is 0.632. The van der Waals surface area contributed by atoms with Crippen molar-refractivity contribution in [2.75, 3.05) is 0 Å². The van der Waals surface area contributed by atoms with Crippen LogP contribution >= 0.6 is 0 Å². The van der Waals surface area contributed by atoms with Crippen LogP contribution in [0.25, 0.3) is 10.9 Å². The first kappa shape index (κ1) is 11.0. The third-order valence-electron chi connectivity index (χ3n) is 4.56. The predicted octanol–water partition coefficient (Wildman–Crippen LogP) is 4.61. The van der Waals surface area contributed by atoms with Crippen LogP contribution in [0, 0.1) is 5.92 Å². The number of nitrogens with zero attached hydrogens (tertiary/aromatic N) is 1. The monoisotopic (exact) mass is 247 g/mol. The minimum atomic E-state index is 0.577. The fraction of sp³-hybridized carbons (Fsp3) is 0.278. The molecule has 19 heavy (non-hydrogen) atoms. The number of allylic oxidation sites excluding steroid dienone is 4. The van der Waals surface area contributed by atoms with E-state index >= 15 is 0 Å². The molecule has 1 nitrogen and oxygen atoms in total. The molecule has 0 saturated heterocycles. The molecule has 1 heteroatoms. The van der Waals surface area contributed by atoms with E-state index in [-0.39, 0.29) is 0 Å². The van der Waals surface area contributed by atoms with Gasteiger partial charge in [-0.2, -0.15) is 0 Å². The minimum absolute atomic E-state index is 0.577. The van der Waals surface area contributed by atoms with Crippen LogP contribution in [0.3, 0.4) is 0 Å². The highest BCUT2D eigenvalue weighted by molar-refractivity contribution is 5.82. The lowest BCUT2D eigenvalue weighted by Gasteiger charge is -2.19. The number of fused-ring (bicyclic) bond motifs is 2. The Kier molecular flexibility index (Phi) is 2.51. The number of aromatic nitrogens is 1. The van der Waals surface area contributed by atoms with Crippen LogP contribution in [0.15, 0.2) is 60.3 Å². The summed E-state index contributed by atoms with van der Waals surface area (Å²) < 4.78 is 0. The van der Waals surface area contributed by atoms with E-state index in [0.717, 1.165) is 5.92 Å². The van der Waals surface area contributed by atoms with Crippen molar-refractivity contribution in [2.45, 2.75) is 25.2 Å². The van der Waals surface area contributed by atoms with E-state index in [1.807, 2.05) is 12.3 Å². The summed E-state index contributed by atoms with van der Waals surface area (Å²) in [5, 5.41) is 1.26. The number of rotatable bonds is 1. The van der Waals surface area contributed by atoms with Crippen LogP contribution in [0.5, 0.6) is 0 Å². The zero-order valence-electron chi connectivity index (χ0n) is 10.9. The van der Waals surface area contributed by atoms with E-state index in [2.05, 4.69) is 47.5 Å². The van der Waals surface area contributed by atoms with Crippen molar-refractivity contribution in [3.8, 4) is 0 Å². The first-order valence-electron chi connectivity index (χ1n) is 7.14. The van der Waals surface area contributed by atoms with Crippen LogP contribution in [0.4, 0.5) is 0 Å². The molecule has 0 radical (unpaired) electrons. The van der Waals surface area contributed by atoms with Crippen molar-refractivity contribution in [1.29, 1.82) is 0 Å². The second-order valence-corrected chi connectivity index (χ2v) is 5.58. The van der Waals surface area contributed by atoms with Gasteiger partial charge in [0.05, 0.1) is 5.52 Å². The van der Waals surface area contributed by atoms with E-state index in [1.54, 1.807) is 5.57 Å². The van der Waals surface area contributed by atoms with Crippen molar-refractivity contribution in [2.24, 2.45) is 5.92 Å². The zero-order chi connectivity index (χ0) is 12.7. The molecule has 94 valence electrons. The fourth-order valence-corrected chi connectivity index (χ4v) is 3.66. The van der Waals surface area contributed by atoms with Crippen LogP contribution in [-0.4, -0.2) is 4.98 Å². The molecule has 4 rings (SSSR count). The van der Waals surface area contributed by atoms with Crippen LogP contribution in [-0.2, 0) is 0 Å². The summed E-state index contributed by atoms with van der Waals surface area (Å²) in [6.45, 7) is 0. The van der Waals surface area contributed by atoms with Gasteiger partial charge in [0, 0.05) is 17.5 Å². The maximum atomic E-state index is 4.62. The van der Waals surface area contributed by atoms with Crippen LogP contribution in [0.1, 0.15) is 30.7 Å². The molecule has 2 unspecified atom stereocenters. The topological polar surface area (TPSA) is 12.9 Å². The van der Waals surface area contributed by atoms with Crippen molar-refractivity contribution in [1.82, 2.24) is 4.98 Å². The third-order valence-corrected chi connectivity index (χ3v) is 4.56. The third kappa shape index (κ3) is 1.73. The van der Waals surface area contributed by atoms with Crippen LogP contribution < -0.4 is 0 Å². The van der Waals surface area contributed by atoms with Crippen molar-refractivity contribution >= 4 is 10.9 Å². The highest BCUT2D eigenvalue weighted by Gasteiger charge is 2.32. The summed E-state index contributed by atoms with van der Waals surface area (Å²) in [5.74, 6) is 1.35. The quantitative estimate of drug-likeness (QED) is 0.716. The SMILES string of the molecule is C1=CCC2CCC(c3cccc4cccnc34)C2=C1. The first-order chi connectivity index (χ1) is 9.43. The zero-order valence-corrected chi connectivity index (χ0v) is 10.9. The van der Waals surface area contributed by atoms with Crippen LogP contribution in [0.2, 0.25) is 0 Å². The molecular weight excluding hydrogens is 230 g/mol. The molecule has 2 aliphatic carbocycles. The molecule has 1 heterocycles. The van der Waals surface area contributed by atoms with Gasteiger partial charge in [-0.25, -0.2) is 0 Å². The Morgan fingerprint density at radius 1 is 1.05 bits per heavy atom. The summed E-state index contributed by atoms with van der Waals surface area (Å²) in [6.07, 6.45) is 12.6. The Morgan fingerprint density at radius 2 is 2.00 bits per heavy atom. The highest BCUT2D eigenvalue weighted by atomic mass is 14.7. The van der Waals surface area contributed by atoms with Crippen molar-refractivity contribution in [3.05, 3.63) is 65.9 Å². The van der Waals surface area contributed by atoms with E-state index in [4.69, 9.17) is 0 Å². The Morgan fingerprint density at radius 3 is 3.00 bits per heavy atom. The van der Waals surface area contributed by atoms with E-state index in [0.29, 0.717) is 5.92 Å². The molecule has 1 fully saturated rings. The Labute approximate surface area is 113 Å². The number of hydrogen-bond acceptors (Lipinski definition) is 1. The molecule has 2 atom stereocenters. The summed E-state index contributed by atoms with van der Waals surface area (Å²) in [5.41, 5.74) is 4.23. The Bertz CT molecular complexity index is 676. The Balaban J connectivity index is 1.87. The minimum Gasteiger partial charge on any atom is -0.256 e. The molecule has 1 saturated carbocycles. The molecule has 2 aliphatic rings. The van der Waals surface area contributed by atoms with Gasteiger partial charge in [-0.05, 0) is 36.8 Å². The predicted molar refractivity (Wildman–Crippen MR) is 79.0 cm³/mol. The van der Waals surface area contributed by atoms with Gasteiger partial charge in [0.2, 0.25) is 0 Å². The molecule has 1 aromatic carbocycles. The lowest BCUT2D eigenvalue weighted by Crippen LogP contribution is -2.04. The molecule has 1 aromatic heterocycles. The second kappa shape index (κ2) is 4.34. The molecule has 0 amide bonds. The summed E-state index contributed by atoms with van der Waals surface area (Å²) in [4.78, 5) is 4.62. The Hall–Kier alpha value is -1.89. The number of para-hydroxylation sites is 1. The molecule has 0 N–H and O–H groups in total. The van der Waals surface area contributed by atoms with Gasteiger partial charge >= 0.3 is 0 Å². The van der Waals surface area contributed by atoms with Gasteiger partial charge in [0.15, 0.2) is 0 Å². The standard InChI is InChI=1S/C18H17N/c1-2-8-15-13(5-1)10-11-16(15)17-9-3-6-14-7-4-12-19-18(14)17/h1-4,6-9,12-13,16H,5,10-11H2. The normalized spacial score (nSPS) is 25.4. The maximum absolute atomic E-state index is 4.62. The molecule has 2 aromatic rings. The number of benzene rings is 1. The van der Waals surface area contributed by atoms with E-state index < -0.39 is 0 Å². The molecular formula is C18H17N. The van der Waals surface area contributed by atoms with Gasteiger partial charge in [0.25, 0.3) is 0 Å². The maximum Gasteiger partial charge on any atom is 0.0739 e. The van der Waals surface area contributed by atoms with Crippen molar-refractivity contribution < 1.29 is 0 Å². The largest absolute Gasteiger partial charge is 0.256 e. The summed E-state index contributed by atoms with van der Waals surface area (Å²) >= 11 is 0. The van der Waals surface area contributed by atoms with Gasteiger partial charge in [0.1, 0.15) is 0 Å². The van der Waals surface area contributed by atoms with Gasteiger partial charge in [-0.1, -0.05) is 48.1 Å². The summed E-state index contributed by atoms with van der Waals surface area (Å²) in [7, 11) is 0. The lowest BCUT2D eigenvalue weighted by atomic mass is 9.86. The van der Waals surface area contributed by atoms with Gasteiger partial charge in [-0.15, -0.1) is 0 Å². The average Bonchev–Trinajstić information content (AvgIpc) is 2.90. The fourth-order valence-electron chi connectivity index (χ4n) is 3.66. The molecule has 0 bridgehead atoms. The average molecular weight is 247 g/mol. The number of pyridine rings is 1. The van der Waals surface area contributed by atoms with Gasteiger partial charge < -0.3 is 0 Å². The second-order valence-electron chi connectivity index (χ2n) is 5.58. The van der Waals surface area contributed by atoms with E-state index in [1.165, 1.54) is 35.7 Å². The summed E-state index contributed by atoms with van der Waals surface area (Å²) in [6, 6.07) is 10.8. The van der Waals surface area contributed by atoms with E-state index in [9.17, 15) is 0 Å². The number of hydrogen-bond donors (Lipinski definition) is 0. The highest BCUT2D eigenvalue weighted by Crippen LogP contribution is 2.47. The first-order valence-corrected chi connectivity index (χ1v) is 7.14. The van der Waals surface area contributed by atoms with Crippen molar-refractivity contribution in [3.63, 3.8) is 0 Å². The van der Waals surface area contributed by atoms with Gasteiger partial charge in [-0.3, -0.25) is 4.98 Å².